The lowest BCUT2D eigenvalue weighted by Crippen LogP contribution is -2.61. The number of hydrogen-bond donors (Lipinski definition) is 6. The van der Waals surface area contributed by atoms with Gasteiger partial charge in [0.15, 0.2) is 0 Å². The van der Waals surface area contributed by atoms with Gasteiger partial charge in [-0.05, 0) is 25.7 Å². The van der Waals surface area contributed by atoms with Crippen LogP contribution in [0, 0.1) is 5.92 Å². The summed E-state index contributed by atoms with van der Waals surface area (Å²) in [4.78, 5) is 61.2. The maximum Gasteiger partial charge on any atom is 0.326 e. The summed E-state index contributed by atoms with van der Waals surface area (Å²) in [7, 11) is 0. The Hall–Kier alpha value is -2.73. The first-order valence-corrected chi connectivity index (χ1v) is 10.2. The molecule has 6 atom stereocenters. The fraction of sp³-hybridized carbons (Fsp3) is 0.737. The van der Waals surface area contributed by atoms with E-state index >= 15 is 0 Å². The molecule has 176 valence electrons. The van der Waals surface area contributed by atoms with Crippen LogP contribution in [0.3, 0.4) is 0 Å². The van der Waals surface area contributed by atoms with Crippen LogP contribution in [0.15, 0.2) is 0 Å². The number of carboxylic acid groups (broad SMARTS) is 2. The zero-order valence-electron chi connectivity index (χ0n) is 17.9. The Kier molecular flexibility index (Phi) is 9.85. The van der Waals surface area contributed by atoms with E-state index in [2.05, 4.69) is 10.6 Å². The van der Waals surface area contributed by atoms with Crippen LogP contribution in [0.4, 0.5) is 0 Å². The zero-order chi connectivity index (χ0) is 23.9. The van der Waals surface area contributed by atoms with Gasteiger partial charge in [0.2, 0.25) is 17.7 Å². The van der Waals surface area contributed by atoms with E-state index in [1.54, 1.807) is 13.8 Å². The normalized spacial score (nSPS) is 20.8. The molecule has 6 unspecified atom stereocenters. The summed E-state index contributed by atoms with van der Waals surface area (Å²) in [6, 6.07) is -4.96. The van der Waals surface area contributed by atoms with E-state index in [0.717, 1.165) is 4.90 Å². The van der Waals surface area contributed by atoms with Crippen molar-refractivity contribution in [1.29, 1.82) is 0 Å². The molecule has 12 heteroatoms. The van der Waals surface area contributed by atoms with Gasteiger partial charge in [0, 0.05) is 6.54 Å². The summed E-state index contributed by atoms with van der Waals surface area (Å²) < 4.78 is 0. The van der Waals surface area contributed by atoms with Crippen molar-refractivity contribution in [3.63, 3.8) is 0 Å². The van der Waals surface area contributed by atoms with E-state index < -0.39 is 72.3 Å². The van der Waals surface area contributed by atoms with Gasteiger partial charge in [-0.2, -0.15) is 0 Å². The summed E-state index contributed by atoms with van der Waals surface area (Å²) in [5.74, 6) is -5.18. The number of aliphatic hydroxyl groups is 1. The van der Waals surface area contributed by atoms with Gasteiger partial charge in [-0.1, -0.05) is 20.3 Å². The fourth-order valence-electron chi connectivity index (χ4n) is 3.34. The smallest absolute Gasteiger partial charge is 0.326 e. The van der Waals surface area contributed by atoms with Crippen LogP contribution < -0.4 is 16.4 Å². The number of carboxylic acids is 2. The first kappa shape index (κ1) is 26.3. The molecule has 3 amide bonds. The van der Waals surface area contributed by atoms with Gasteiger partial charge < -0.3 is 36.6 Å². The van der Waals surface area contributed by atoms with Crippen molar-refractivity contribution < 1.29 is 39.3 Å². The topological polar surface area (TPSA) is 199 Å². The molecule has 12 nitrogen and oxygen atoms in total. The van der Waals surface area contributed by atoms with Crippen molar-refractivity contribution in [2.24, 2.45) is 11.7 Å². The molecule has 0 radical (unpaired) electrons. The highest BCUT2D eigenvalue weighted by Gasteiger charge is 2.40. The molecular formula is C19H32N4O8. The molecule has 1 fully saturated rings. The van der Waals surface area contributed by atoms with Crippen LogP contribution in [-0.4, -0.2) is 86.7 Å². The molecule has 0 bridgehead atoms. The standard InChI is InChI=1S/C19H32N4O8/c1-4-9(2)14(21-16(27)11(20)8-13(25)26)17(28)22-15(10(3)24)18(29)23-7-5-6-12(23)19(30)31/h9-12,14-15,24H,4-8,20H2,1-3H3,(H,21,27)(H,22,28)(H,25,26)(H,30,31). The molecule has 1 saturated heterocycles. The Morgan fingerprint density at radius 3 is 2.13 bits per heavy atom. The third kappa shape index (κ3) is 7.17. The number of amides is 3. The van der Waals surface area contributed by atoms with Crippen LogP contribution in [0.1, 0.15) is 46.5 Å². The van der Waals surface area contributed by atoms with Gasteiger partial charge in [-0.25, -0.2) is 4.79 Å². The van der Waals surface area contributed by atoms with Crippen molar-refractivity contribution in [2.75, 3.05) is 6.54 Å². The van der Waals surface area contributed by atoms with Gasteiger partial charge in [0.05, 0.1) is 18.6 Å². The summed E-state index contributed by atoms with van der Waals surface area (Å²) in [5.41, 5.74) is 5.55. The minimum Gasteiger partial charge on any atom is -0.481 e. The highest BCUT2D eigenvalue weighted by atomic mass is 16.4. The van der Waals surface area contributed by atoms with Crippen LogP contribution in [0.5, 0.6) is 0 Å². The molecule has 7 N–H and O–H groups in total. The lowest BCUT2D eigenvalue weighted by molar-refractivity contribution is -0.151. The molecule has 0 aromatic carbocycles. The molecule has 1 rings (SSSR count). The Morgan fingerprint density at radius 2 is 1.65 bits per heavy atom. The average Bonchev–Trinajstić information content (AvgIpc) is 3.18. The molecule has 0 aromatic rings. The first-order chi connectivity index (χ1) is 14.4. The zero-order valence-corrected chi connectivity index (χ0v) is 17.9. The van der Waals surface area contributed by atoms with Crippen molar-refractivity contribution in [2.45, 2.75) is 76.7 Å². The lowest BCUT2D eigenvalue weighted by atomic mass is 9.97. The highest BCUT2D eigenvalue weighted by molar-refractivity contribution is 5.95. The van der Waals surface area contributed by atoms with Crippen molar-refractivity contribution in [1.82, 2.24) is 15.5 Å². The van der Waals surface area contributed by atoms with Crippen LogP contribution in [0.25, 0.3) is 0 Å². The second kappa shape index (κ2) is 11.6. The molecule has 1 heterocycles. The number of rotatable bonds is 11. The Balaban J connectivity index is 2.99. The number of likely N-dealkylation sites (tertiary alicyclic amines) is 1. The van der Waals surface area contributed by atoms with E-state index in [1.165, 1.54) is 6.92 Å². The number of hydrogen-bond acceptors (Lipinski definition) is 7. The van der Waals surface area contributed by atoms with Crippen molar-refractivity contribution in [3.8, 4) is 0 Å². The van der Waals surface area contributed by atoms with Crippen LogP contribution in [-0.2, 0) is 24.0 Å². The monoisotopic (exact) mass is 444 g/mol. The predicted molar refractivity (Wildman–Crippen MR) is 108 cm³/mol. The average molecular weight is 444 g/mol. The van der Waals surface area contributed by atoms with Crippen molar-refractivity contribution >= 4 is 29.7 Å². The summed E-state index contributed by atoms with van der Waals surface area (Å²) in [5, 5.41) is 33.0. The molecular weight excluding hydrogens is 412 g/mol. The van der Waals surface area contributed by atoms with E-state index in [1.807, 2.05) is 0 Å². The summed E-state index contributed by atoms with van der Waals surface area (Å²) >= 11 is 0. The van der Waals surface area contributed by atoms with Crippen molar-refractivity contribution in [3.05, 3.63) is 0 Å². The van der Waals surface area contributed by atoms with Gasteiger partial charge in [0.1, 0.15) is 18.1 Å². The quantitative estimate of drug-likeness (QED) is 0.214. The minimum absolute atomic E-state index is 0.185. The molecule has 1 aliphatic rings. The molecule has 0 spiro atoms. The number of nitrogens with zero attached hydrogens (tertiary/aromatic N) is 1. The number of nitrogens with two attached hydrogens (primary N) is 1. The predicted octanol–water partition coefficient (Wildman–Crippen LogP) is -1.74. The van der Waals surface area contributed by atoms with E-state index in [4.69, 9.17) is 10.8 Å². The number of carbonyl (C=O) groups is 5. The van der Waals surface area contributed by atoms with Crippen LogP contribution >= 0.6 is 0 Å². The first-order valence-electron chi connectivity index (χ1n) is 10.2. The number of carbonyl (C=O) groups excluding carboxylic acids is 3. The van der Waals surface area contributed by atoms with Gasteiger partial charge in [0.25, 0.3) is 0 Å². The Labute approximate surface area is 180 Å². The molecule has 1 aliphatic heterocycles. The third-order valence-corrected chi connectivity index (χ3v) is 5.39. The molecule has 0 aromatic heterocycles. The number of aliphatic hydroxyl groups excluding tert-OH is 1. The van der Waals surface area contributed by atoms with Crippen LogP contribution in [0.2, 0.25) is 0 Å². The number of nitrogens with one attached hydrogen (secondary N) is 2. The number of aliphatic carboxylic acids is 2. The van der Waals surface area contributed by atoms with Gasteiger partial charge >= 0.3 is 11.9 Å². The second-order valence-corrected chi connectivity index (χ2v) is 7.83. The second-order valence-electron chi connectivity index (χ2n) is 7.83. The fourth-order valence-corrected chi connectivity index (χ4v) is 3.34. The highest BCUT2D eigenvalue weighted by Crippen LogP contribution is 2.19. The summed E-state index contributed by atoms with van der Waals surface area (Å²) in [6.45, 7) is 4.92. The lowest BCUT2D eigenvalue weighted by Gasteiger charge is -2.31. The Morgan fingerprint density at radius 1 is 1.06 bits per heavy atom. The van der Waals surface area contributed by atoms with E-state index in [-0.39, 0.29) is 13.0 Å². The maximum absolute atomic E-state index is 12.9. The van der Waals surface area contributed by atoms with Gasteiger partial charge in [-0.3, -0.25) is 19.2 Å². The molecule has 31 heavy (non-hydrogen) atoms. The molecule has 0 aliphatic carbocycles. The minimum atomic E-state index is -1.41. The molecule has 0 saturated carbocycles. The largest absolute Gasteiger partial charge is 0.481 e. The van der Waals surface area contributed by atoms with Gasteiger partial charge in [-0.15, -0.1) is 0 Å². The summed E-state index contributed by atoms with van der Waals surface area (Å²) in [6.07, 6.45) is -0.729. The van der Waals surface area contributed by atoms with E-state index in [0.29, 0.717) is 12.8 Å². The SMILES string of the molecule is CCC(C)C(NC(=O)C(N)CC(=O)O)C(=O)NC(C(=O)N1CCCC1C(=O)O)C(C)O. The third-order valence-electron chi connectivity index (χ3n) is 5.39. The van der Waals surface area contributed by atoms with E-state index in [9.17, 15) is 34.2 Å². The maximum atomic E-state index is 12.9. The Bertz CT molecular complexity index is 698.